The number of carboxylic acid groups (broad SMARTS) is 1. The molecule has 1 saturated heterocycles. The second-order valence-corrected chi connectivity index (χ2v) is 6.02. The fourth-order valence-electron chi connectivity index (χ4n) is 2.68. The van der Waals surface area contributed by atoms with Crippen LogP contribution in [-0.4, -0.2) is 61.2 Å². The van der Waals surface area contributed by atoms with E-state index in [9.17, 15) is 9.59 Å². The maximum absolute atomic E-state index is 11.8. The molecule has 1 heterocycles. The number of carbonyl (C=O) groups is 2. The van der Waals surface area contributed by atoms with Crippen molar-refractivity contribution in [3.8, 4) is 0 Å². The van der Waals surface area contributed by atoms with E-state index in [4.69, 9.17) is 5.11 Å². The molecule has 20 heavy (non-hydrogen) atoms. The molecule has 0 radical (unpaired) electrons. The van der Waals surface area contributed by atoms with Crippen LogP contribution in [0, 0.1) is 11.8 Å². The molecule has 1 saturated carbocycles. The van der Waals surface area contributed by atoms with E-state index < -0.39 is 5.97 Å². The Balaban J connectivity index is 1.61. The first-order chi connectivity index (χ1) is 9.63. The fraction of sp³-hybridized carbons (Fsp3) is 0.857. The number of amides is 1. The summed E-state index contributed by atoms with van der Waals surface area (Å²) >= 11 is 0. The van der Waals surface area contributed by atoms with Gasteiger partial charge in [-0.25, -0.2) is 0 Å². The smallest absolute Gasteiger partial charge is 0.317 e. The Morgan fingerprint density at radius 1 is 1.15 bits per heavy atom. The van der Waals surface area contributed by atoms with E-state index in [-0.39, 0.29) is 12.5 Å². The standard InChI is InChI=1S/C14H25N3O3/c18-13(16-7-11-3-4-11)10-17-5-1-2-12(9-17)6-15-8-14(19)20/h11-12,15H,1-10H2,(H,16,18)(H,19,20). The molecule has 1 aliphatic carbocycles. The normalized spacial score (nSPS) is 23.5. The summed E-state index contributed by atoms with van der Waals surface area (Å²) in [5, 5.41) is 14.5. The summed E-state index contributed by atoms with van der Waals surface area (Å²) in [7, 11) is 0. The zero-order chi connectivity index (χ0) is 14.4. The molecule has 2 aliphatic rings. The van der Waals surface area contributed by atoms with Gasteiger partial charge in [0.15, 0.2) is 0 Å². The number of nitrogens with zero attached hydrogens (tertiary/aromatic N) is 1. The first-order valence-electron chi connectivity index (χ1n) is 7.55. The van der Waals surface area contributed by atoms with Gasteiger partial charge in [0.1, 0.15) is 0 Å². The Morgan fingerprint density at radius 2 is 1.95 bits per heavy atom. The Bertz CT molecular complexity index is 345. The molecule has 1 unspecified atom stereocenters. The second-order valence-electron chi connectivity index (χ2n) is 6.02. The third-order valence-electron chi connectivity index (χ3n) is 3.96. The molecule has 0 bridgehead atoms. The van der Waals surface area contributed by atoms with Crippen LogP contribution < -0.4 is 10.6 Å². The number of piperidine rings is 1. The largest absolute Gasteiger partial charge is 0.480 e. The minimum atomic E-state index is -0.822. The second kappa shape index (κ2) is 7.59. The van der Waals surface area contributed by atoms with Gasteiger partial charge in [-0.15, -0.1) is 0 Å². The van der Waals surface area contributed by atoms with Gasteiger partial charge in [-0.2, -0.15) is 0 Å². The monoisotopic (exact) mass is 283 g/mol. The molecule has 2 fully saturated rings. The third kappa shape index (κ3) is 5.88. The van der Waals surface area contributed by atoms with E-state index in [1.165, 1.54) is 12.8 Å². The summed E-state index contributed by atoms with van der Waals surface area (Å²) in [5.41, 5.74) is 0. The molecule has 3 N–H and O–H groups in total. The van der Waals surface area contributed by atoms with Crippen LogP contribution in [0.3, 0.4) is 0 Å². The van der Waals surface area contributed by atoms with Crippen molar-refractivity contribution in [1.82, 2.24) is 15.5 Å². The van der Waals surface area contributed by atoms with E-state index in [0.717, 1.165) is 32.5 Å². The number of carbonyl (C=O) groups excluding carboxylic acids is 1. The average molecular weight is 283 g/mol. The highest BCUT2D eigenvalue weighted by Crippen LogP contribution is 2.27. The first kappa shape index (κ1) is 15.3. The van der Waals surface area contributed by atoms with E-state index in [1.54, 1.807) is 0 Å². The van der Waals surface area contributed by atoms with Gasteiger partial charge in [0, 0.05) is 13.1 Å². The van der Waals surface area contributed by atoms with Crippen molar-refractivity contribution in [2.45, 2.75) is 25.7 Å². The predicted molar refractivity (Wildman–Crippen MR) is 75.4 cm³/mol. The molecule has 1 atom stereocenters. The summed E-state index contributed by atoms with van der Waals surface area (Å²) in [6.45, 7) is 3.87. The highest BCUT2D eigenvalue weighted by atomic mass is 16.4. The molecule has 0 aromatic rings. The van der Waals surface area contributed by atoms with Gasteiger partial charge in [-0.1, -0.05) is 0 Å². The number of nitrogens with one attached hydrogen (secondary N) is 2. The average Bonchev–Trinajstić information content (AvgIpc) is 3.20. The van der Waals surface area contributed by atoms with Gasteiger partial charge in [-0.05, 0) is 50.6 Å². The lowest BCUT2D eigenvalue weighted by Crippen LogP contribution is -2.45. The molecule has 0 spiro atoms. The van der Waals surface area contributed by atoms with Crippen LogP contribution in [0.2, 0.25) is 0 Å². The van der Waals surface area contributed by atoms with Crippen molar-refractivity contribution < 1.29 is 14.7 Å². The van der Waals surface area contributed by atoms with Crippen molar-refractivity contribution in [2.75, 3.05) is 39.3 Å². The number of hydrogen-bond acceptors (Lipinski definition) is 4. The molecular weight excluding hydrogens is 258 g/mol. The SMILES string of the molecule is O=C(O)CNCC1CCCN(CC(=O)NCC2CC2)C1. The predicted octanol–water partition coefficient (Wildman–Crippen LogP) is -0.101. The number of carboxylic acids is 1. The van der Waals surface area contributed by atoms with E-state index in [1.807, 2.05) is 0 Å². The minimum absolute atomic E-state index is 0.0123. The van der Waals surface area contributed by atoms with Crippen LogP contribution in [0.25, 0.3) is 0 Å². The summed E-state index contributed by atoms with van der Waals surface area (Å²) < 4.78 is 0. The maximum atomic E-state index is 11.8. The Labute approximate surface area is 119 Å². The molecular formula is C14H25N3O3. The number of aliphatic carboxylic acids is 1. The van der Waals surface area contributed by atoms with Crippen LogP contribution in [0.15, 0.2) is 0 Å². The zero-order valence-corrected chi connectivity index (χ0v) is 11.9. The highest BCUT2D eigenvalue weighted by Gasteiger charge is 2.24. The van der Waals surface area contributed by atoms with Crippen molar-refractivity contribution in [1.29, 1.82) is 0 Å². The van der Waals surface area contributed by atoms with Gasteiger partial charge in [0.2, 0.25) is 5.91 Å². The molecule has 114 valence electrons. The molecule has 0 aromatic heterocycles. The zero-order valence-electron chi connectivity index (χ0n) is 11.9. The Morgan fingerprint density at radius 3 is 2.65 bits per heavy atom. The fourth-order valence-corrected chi connectivity index (χ4v) is 2.68. The topological polar surface area (TPSA) is 81.7 Å². The van der Waals surface area contributed by atoms with Gasteiger partial charge in [0.05, 0.1) is 13.1 Å². The van der Waals surface area contributed by atoms with E-state index in [0.29, 0.717) is 24.9 Å². The number of likely N-dealkylation sites (tertiary alicyclic amines) is 1. The van der Waals surface area contributed by atoms with Crippen LogP contribution >= 0.6 is 0 Å². The van der Waals surface area contributed by atoms with Crippen molar-refractivity contribution in [3.05, 3.63) is 0 Å². The van der Waals surface area contributed by atoms with Crippen molar-refractivity contribution in [2.24, 2.45) is 11.8 Å². The Kier molecular flexibility index (Phi) is 5.79. The summed E-state index contributed by atoms with van der Waals surface area (Å²) in [5.74, 6) is 0.459. The lowest BCUT2D eigenvalue weighted by molar-refractivity contribution is -0.136. The molecule has 1 aliphatic heterocycles. The van der Waals surface area contributed by atoms with Crippen molar-refractivity contribution in [3.63, 3.8) is 0 Å². The molecule has 1 amide bonds. The van der Waals surface area contributed by atoms with Gasteiger partial charge >= 0.3 is 5.97 Å². The minimum Gasteiger partial charge on any atom is -0.480 e. The summed E-state index contributed by atoms with van der Waals surface area (Å²) in [6.07, 6.45) is 4.69. The van der Waals surface area contributed by atoms with Crippen LogP contribution in [-0.2, 0) is 9.59 Å². The van der Waals surface area contributed by atoms with Crippen LogP contribution in [0.4, 0.5) is 0 Å². The molecule has 6 nitrogen and oxygen atoms in total. The lowest BCUT2D eigenvalue weighted by Gasteiger charge is -2.32. The molecule has 6 heteroatoms. The third-order valence-corrected chi connectivity index (χ3v) is 3.96. The summed E-state index contributed by atoms with van der Waals surface area (Å²) in [6, 6.07) is 0. The molecule has 2 rings (SSSR count). The van der Waals surface area contributed by atoms with E-state index in [2.05, 4.69) is 15.5 Å². The lowest BCUT2D eigenvalue weighted by atomic mass is 9.98. The van der Waals surface area contributed by atoms with Crippen molar-refractivity contribution >= 4 is 11.9 Å². The maximum Gasteiger partial charge on any atom is 0.317 e. The Hall–Kier alpha value is -1.14. The number of rotatable bonds is 8. The summed E-state index contributed by atoms with van der Waals surface area (Å²) in [4.78, 5) is 24.4. The highest BCUT2D eigenvalue weighted by molar-refractivity contribution is 5.78. The van der Waals surface area contributed by atoms with Gasteiger partial charge in [-0.3, -0.25) is 14.5 Å². The van der Waals surface area contributed by atoms with Gasteiger partial charge in [0.25, 0.3) is 0 Å². The first-order valence-corrected chi connectivity index (χ1v) is 7.55. The van der Waals surface area contributed by atoms with Crippen LogP contribution in [0.5, 0.6) is 0 Å². The number of hydrogen-bond donors (Lipinski definition) is 3. The quantitative estimate of drug-likeness (QED) is 0.579. The molecule has 0 aromatic carbocycles. The van der Waals surface area contributed by atoms with Crippen LogP contribution in [0.1, 0.15) is 25.7 Å². The van der Waals surface area contributed by atoms with Gasteiger partial charge < -0.3 is 15.7 Å². The van der Waals surface area contributed by atoms with E-state index >= 15 is 0 Å².